The maximum Gasteiger partial charge on any atom is 0.276 e. The average molecular weight is 373 g/mol. The first kappa shape index (κ1) is 16.0. The number of benzene rings is 2. The summed E-state index contributed by atoms with van der Waals surface area (Å²) in [5.41, 5.74) is 2.32. The van der Waals surface area contributed by atoms with E-state index in [0.29, 0.717) is 28.1 Å². The quantitative estimate of drug-likeness (QED) is 0.344. The van der Waals surface area contributed by atoms with Crippen LogP contribution < -0.4 is 0 Å². The first-order valence-electron chi connectivity index (χ1n) is 8.33. The Morgan fingerprint density at radius 1 is 1.00 bits per heavy atom. The Morgan fingerprint density at radius 2 is 1.71 bits per heavy atom. The molecule has 0 amide bonds. The van der Waals surface area contributed by atoms with Crippen molar-refractivity contribution in [3.05, 3.63) is 58.6 Å². The lowest BCUT2D eigenvalue weighted by atomic mass is 10.2. The van der Waals surface area contributed by atoms with Crippen molar-refractivity contribution in [3.63, 3.8) is 0 Å². The van der Waals surface area contributed by atoms with E-state index >= 15 is 0 Å². The Bertz CT molecular complexity index is 1420. The van der Waals surface area contributed by atoms with E-state index in [0.717, 1.165) is 5.39 Å². The molecule has 0 spiro atoms. The normalized spacial score (nSPS) is 11.5. The molecule has 0 aliphatic carbocycles. The van der Waals surface area contributed by atoms with Gasteiger partial charge in [-0.2, -0.15) is 0 Å². The summed E-state index contributed by atoms with van der Waals surface area (Å²) in [6.45, 7) is 1.47. The van der Waals surface area contributed by atoms with Gasteiger partial charge in [0, 0.05) is 30.0 Å². The van der Waals surface area contributed by atoms with Crippen LogP contribution in [-0.4, -0.2) is 40.2 Å². The van der Waals surface area contributed by atoms with Gasteiger partial charge < -0.3 is 0 Å². The van der Waals surface area contributed by atoms with Gasteiger partial charge in [0.2, 0.25) is 5.91 Å². The van der Waals surface area contributed by atoms with Gasteiger partial charge in [-0.3, -0.25) is 19.5 Å². The van der Waals surface area contributed by atoms with Crippen LogP contribution in [0.25, 0.3) is 39.2 Å². The lowest BCUT2D eigenvalue weighted by Crippen LogP contribution is -2.09. The van der Waals surface area contributed by atoms with Crippen LogP contribution in [0.2, 0.25) is 0 Å². The lowest BCUT2D eigenvalue weighted by Gasteiger charge is -2.05. The Labute approximate surface area is 156 Å². The molecule has 28 heavy (non-hydrogen) atoms. The Balaban J connectivity index is 1.91. The van der Waals surface area contributed by atoms with Crippen LogP contribution in [0.5, 0.6) is 0 Å². The van der Waals surface area contributed by atoms with Crippen molar-refractivity contribution in [1.29, 1.82) is 0 Å². The minimum absolute atomic E-state index is 0.0274. The molecule has 0 bridgehead atoms. The van der Waals surface area contributed by atoms with E-state index in [2.05, 4.69) is 20.4 Å². The second kappa shape index (κ2) is 5.64. The van der Waals surface area contributed by atoms with E-state index in [1.807, 2.05) is 24.3 Å². The van der Waals surface area contributed by atoms with Gasteiger partial charge in [-0.05, 0) is 18.2 Å². The van der Waals surface area contributed by atoms with Crippen LogP contribution in [0.3, 0.4) is 0 Å². The molecule has 0 N–H and O–H groups in total. The van der Waals surface area contributed by atoms with E-state index in [-0.39, 0.29) is 17.4 Å². The van der Waals surface area contributed by atoms with Gasteiger partial charge in [0.15, 0.2) is 11.5 Å². The van der Waals surface area contributed by atoms with Crippen LogP contribution in [0.1, 0.15) is 11.7 Å². The van der Waals surface area contributed by atoms with E-state index in [1.165, 1.54) is 19.1 Å². The highest BCUT2D eigenvalue weighted by Gasteiger charge is 2.21. The smallest absolute Gasteiger partial charge is 0.274 e. The van der Waals surface area contributed by atoms with Gasteiger partial charge in [0.1, 0.15) is 5.52 Å². The highest BCUT2D eigenvalue weighted by molar-refractivity contribution is 6.10. The van der Waals surface area contributed by atoms with Crippen LogP contribution >= 0.6 is 0 Å². The number of non-ortho nitro benzene ring substituents is 1. The molecule has 5 aromatic rings. The monoisotopic (exact) mass is 373 g/mol. The minimum Gasteiger partial charge on any atom is -0.274 e. The van der Waals surface area contributed by atoms with Crippen molar-refractivity contribution in [1.82, 2.24) is 29.4 Å². The standard InChI is InChI=1S/C18H11N7O3/c1-10(26)23-14-5-3-2-4-13(14)15-17(23)24-16(20-22-18(24)21-19-15)11-6-8-12(9-7-11)25(27)28/h2-9H,1H3. The van der Waals surface area contributed by atoms with Crippen LogP contribution in [0.15, 0.2) is 48.5 Å². The summed E-state index contributed by atoms with van der Waals surface area (Å²) in [4.78, 5) is 22.9. The molecule has 136 valence electrons. The molecule has 0 saturated heterocycles. The van der Waals surface area contributed by atoms with E-state index in [1.54, 1.807) is 21.1 Å². The highest BCUT2D eigenvalue weighted by Crippen LogP contribution is 2.30. The van der Waals surface area contributed by atoms with Gasteiger partial charge in [-0.25, -0.2) is 4.40 Å². The van der Waals surface area contributed by atoms with Crippen molar-refractivity contribution in [2.24, 2.45) is 0 Å². The van der Waals surface area contributed by atoms with Crippen molar-refractivity contribution in [2.45, 2.75) is 6.92 Å². The average Bonchev–Trinajstić information content (AvgIpc) is 3.27. The molecule has 10 nitrogen and oxygen atoms in total. The SMILES string of the molecule is CC(=O)n1c2ccccc2c2nnc3nnc(-c4ccc([N+](=O)[O-])cc4)n3c21. The van der Waals surface area contributed by atoms with E-state index < -0.39 is 4.92 Å². The fourth-order valence-corrected chi connectivity index (χ4v) is 3.38. The molecule has 0 saturated carbocycles. The largest absolute Gasteiger partial charge is 0.276 e. The zero-order chi connectivity index (χ0) is 19.4. The van der Waals surface area contributed by atoms with Crippen LogP contribution in [0.4, 0.5) is 5.69 Å². The predicted octanol–water partition coefficient (Wildman–Crippen LogP) is 2.86. The summed E-state index contributed by atoms with van der Waals surface area (Å²) < 4.78 is 3.19. The molecular formula is C18H11N7O3. The Morgan fingerprint density at radius 3 is 2.43 bits per heavy atom. The molecule has 10 heteroatoms. The number of hydrogen-bond donors (Lipinski definition) is 0. The number of para-hydroxylation sites is 1. The van der Waals surface area contributed by atoms with Crippen molar-refractivity contribution in [3.8, 4) is 11.4 Å². The van der Waals surface area contributed by atoms with E-state index in [9.17, 15) is 14.9 Å². The summed E-state index contributed by atoms with van der Waals surface area (Å²) in [6, 6.07) is 13.4. The van der Waals surface area contributed by atoms with Crippen molar-refractivity contribution in [2.75, 3.05) is 0 Å². The number of carbonyl (C=O) groups is 1. The maximum atomic E-state index is 12.5. The third-order valence-corrected chi connectivity index (χ3v) is 4.57. The molecule has 5 rings (SSSR count). The van der Waals surface area contributed by atoms with Gasteiger partial charge in [-0.1, -0.05) is 18.2 Å². The molecule has 3 heterocycles. The summed E-state index contributed by atoms with van der Waals surface area (Å²) in [5, 5.41) is 28.3. The molecule has 0 aliphatic rings. The van der Waals surface area contributed by atoms with Gasteiger partial charge in [-0.15, -0.1) is 20.4 Å². The zero-order valence-corrected chi connectivity index (χ0v) is 14.5. The van der Waals surface area contributed by atoms with Crippen LogP contribution in [0, 0.1) is 10.1 Å². The fraction of sp³-hybridized carbons (Fsp3) is 0.0556. The number of hydrogen-bond acceptors (Lipinski definition) is 7. The molecule has 0 fully saturated rings. The van der Waals surface area contributed by atoms with E-state index in [4.69, 9.17) is 0 Å². The molecule has 0 aliphatic heterocycles. The Hall–Kier alpha value is -4.21. The van der Waals surface area contributed by atoms with Crippen molar-refractivity contribution < 1.29 is 9.72 Å². The first-order valence-corrected chi connectivity index (χ1v) is 8.33. The minimum atomic E-state index is -0.469. The summed E-state index contributed by atoms with van der Waals surface area (Å²) in [5.74, 6) is 0.449. The summed E-state index contributed by atoms with van der Waals surface area (Å²) >= 11 is 0. The molecule has 0 atom stereocenters. The third kappa shape index (κ3) is 2.11. The number of carbonyl (C=O) groups excluding carboxylic acids is 1. The molecule has 2 aromatic carbocycles. The summed E-state index contributed by atoms with van der Waals surface area (Å²) in [7, 11) is 0. The first-order chi connectivity index (χ1) is 13.6. The number of nitro groups is 1. The fourth-order valence-electron chi connectivity index (χ4n) is 3.38. The second-order valence-electron chi connectivity index (χ2n) is 6.21. The van der Waals surface area contributed by atoms with Gasteiger partial charge in [0.05, 0.1) is 10.4 Å². The predicted molar refractivity (Wildman–Crippen MR) is 100.0 cm³/mol. The molecule has 3 aromatic heterocycles. The third-order valence-electron chi connectivity index (χ3n) is 4.57. The molecule has 0 unspecified atom stereocenters. The topological polar surface area (TPSA) is 121 Å². The number of rotatable bonds is 2. The second-order valence-corrected chi connectivity index (χ2v) is 6.21. The van der Waals surface area contributed by atoms with Gasteiger partial charge >= 0.3 is 0 Å². The number of aromatic nitrogens is 6. The molecule has 0 radical (unpaired) electrons. The molecular weight excluding hydrogens is 362 g/mol. The zero-order valence-electron chi connectivity index (χ0n) is 14.5. The highest BCUT2D eigenvalue weighted by atomic mass is 16.6. The van der Waals surface area contributed by atoms with Gasteiger partial charge in [0.25, 0.3) is 11.5 Å². The maximum absolute atomic E-state index is 12.5. The summed E-state index contributed by atoms with van der Waals surface area (Å²) in [6.07, 6.45) is 0. The van der Waals surface area contributed by atoms with Crippen LogP contribution in [-0.2, 0) is 0 Å². The number of nitrogens with zero attached hydrogens (tertiary/aromatic N) is 7. The lowest BCUT2D eigenvalue weighted by molar-refractivity contribution is -0.384. The Kier molecular flexibility index (Phi) is 3.22. The van der Waals surface area contributed by atoms with Crippen molar-refractivity contribution >= 4 is 39.4 Å². The number of nitro benzene ring substituents is 1. The number of fused-ring (bicyclic) bond motifs is 5.